The number of hydrogen-bond donors (Lipinski definition) is 5. The molecule has 0 bridgehead atoms. The van der Waals surface area contributed by atoms with Crippen molar-refractivity contribution in [3.63, 3.8) is 0 Å². The Balaban J connectivity index is 0.752. The van der Waals surface area contributed by atoms with Crippen LogP contribution in [-0.4, -0.2) is 144 Å². The Kier molecular flexibility index (Phi) is 20.3. The summed E-state index contributed by atoms with van der Waals surface area (Å²) in [7, 11) is 0. The number of likely N-dealkylation sites (tertiary alicyclic amines) is 1. The first-order chi connectivity index (χ1) is 39.2. The Morgan fingerprint density at radius 3 is 2.20 bits per heavy atom. The average molecular weight is 1140 g/mol. The molecular weight excluding hydrogens is 1060 g/mol. The molecular formula is C62H80N10O9S. The van der Waals surface area contributed by atoms with Crippen molar-refractivity contribution in [1.29, 1.82) is 0 Å². The number of fused-ring (bicyclic) bond motifs is 4. The van der Waals surface area contributed by atoms with Crippen LogP contribution in [0.3, 0.4) is 0 Å². The van der Waals surface area contributed by atoms with E-state index in [1.165, 1.54) is 4.90 Å². The van der Waals surface area contributed by atoms with Crippen LogP contribution >= 0.6 is 11.3 Å². The third kappa shape index (κ3) is 15.7. The van der Waals surface area contributed by atoms with Gasteiger partial charge in [0.1, 0.15) is 37.2 Å². The van der Waals surface area contributed by atoms with Gasteiger partial charge in [-0.3, -0.25) is 28.9 Å². The van der Waals surface area contributed by atoms with E-state index in [2.05, 4.69) is 43.3 Å². The summed E-state index contributed by atoms with van der Waals surface area (Å²) in [6, 6.07) is 22.3. The molecule has 8 rings (SSSR count). The number of hydrogen-bond acceptors (Lipinski definition) is 13. The van der Waals surface area contributed by atoms with Crippen LogP contribution in [0, 0.1) is 11.3 Å². The highest BCUT2D eigenvalue weighted by Crippen LogP contribution is 2.44. The number of anilines is 1. The molecule has 4 heterocycles. The van der Waals surface area contributed by atoms with E-state index in [1.807, 2.05) is 95.0 Å². The average Bonchev–Trinajstić information content (AvgIpc) is 4.28. The normalized spacial score (nSPS) is 16.8. The number of aliphatic imine (C=N–C) groups is 1. The molecule has 20 heteroatoms. The van der Waals surface area contributed by atoms with Crippen LogP contribution in [0.5, 0.6) is 0 Å². The Labute approximate surface area is 485 Å². The minimum Gasteiger partial charge on any atom is -0.449 e. The Morgan fingerprint density at radius 2 is 1.54 bits per heavy atom. The molecule has 3 atom stereocenters. The third-order valence-corrected chi connectivity index (χ3v) is 16.2. The Bertz CT molecular complexity index is 2990. The van der Waals surface area contributed by atoms with Crippen LogP contribution in [0.15, 0.2) is 89.4 Å². The van der Waals surface area contributed by atoms with E-state index in [4.69, 9.17) is 15.2 Å². The van der Waals surface area contributed by atoms with Crippen molar-refractivity contribution in [1.82, 2.24) is 35.6 Å². The summed E-state index contributed by atoms with van der Waals surface area (Å²) >= 11 is 1.58. The predicted octanol–water partition coefficient (Wildman–Crippen LogP) is 8.16. The van der Waals surface area contributed by atoms with Gasteiger partial charge in [0, 0.05) is 93.8 Å². The first kappa shape index (κ1) is 60.5. The molecule has 1 aromatic heterocycles. The fraction of sp³-hybridized carbons (Fsp3) is 0.484. The maximum atomic E-state index is 13.9. The van der Waals surface area contributed by atoms with E-state index in [1.54, 1.807) is 47.4 Å². The molecule has 0 radical (unpaired) electrons. The number of nitrogens with one attached hydrogen (secondary N) is 4. The number of rotatable bonds is 21. The molecule has 3 aromatic carbocycles. The molecule has 7 amide bonds. The molecule has 4 aromatic rings. The standard InChI is InChI=1S/C62H80N10O9S/c1-8-25-70(26-14-24-64-54(73)35-62(5,6)7)59(77)42-32-52-50(67-53(63)33-42)34-44(82-52)36-69-28-30-71(31-29-69)61(79)81-37-41-20-22-43(23-21-41)66-57(75)55(39(2)3)68-56(74)51-19-13-27-72(51)58(76)40(4)65-60(78)80-38-49-47-17-11-9-15-45(47)46-16-10-12-18-48(46)49/h9-12,15-18,20-23,32,34,39-40,49,51,55H,8,13-14,19,24-31,33,35-38H2,1-7H3,(H2,63,67)(H,64,73)(H,65,78)(H,66,75)(H,68,74)/t40-,51+,55+/m1/s1. The number of amides is 7. The van der Waals surface area contributed by atoms with Gasteiger partial charge in [-0.2, -0.15) is 0 Å². The number of benzene rings is 3. The molecule has 19 nitrogen and oxygen atoms in total. The van der Waals surface area contributed by atoms with Gasteiger partial charge in [0.2, 0.25) is 29.5 Å². The van der Waals surface area contributed by atoms with Gasteiger partial charge in [-0.05, 0) is 96.0 Å². The van der Waals surface area contributed by atoms with Gasteiger partial charge >= 0.3 is 12.2 Å². The molecule has 3 aliphatic heterocycles. The van der Waals surface area contributed by atoms with Gasteiger partial charge in [0.15, 0.2) is 0 Å². The van der Waals surface area contributed by atoms with E-state index >= 15 is 0 Å². The first-order valence-corrected chi connectivity index (χ1v) is 29.5. The van der Waals surface area contributed by atoms with Crippen LogP contribution in [0.25, 0.3) is 17.2 Å². The largest absolute Gasteiger partial charge is 0.449 e. The molecule has 2 saturated heterocycles. The zero-order chi connectivity index (χ0) is 58.7. The number of ether oxygens (including phenoxy) is 2. The lowest BCUT2D eigenvalue weighted by Gasteiger charge is -2.33. The topological polar surface area (TPSA) is 237 Å². The van der Waals surface area contributed by atoms with Crippen LogP contribution in [0.1, 0.15) is 119 Å². The summed E-state index contributed by atoms with van der Waals surface area (Å²) in [5, 5.41) is 11.4. The van der Waals surface area contributed by atoms with Gasteiger partial charge in [-0.25, -0.2) is 14.6 Å². The van der Waals surface area contributed by atoms with Crippen molar-refractivity contribution < 1.29 is 43.0 Å². The predicted molar refractivity (Wildman–Crippen MR) is 318 cm³/mol. The van der Waals surface area contributed by atoms with Crippen molar-refractivity contribution >= 4 is 76.3 Å². The second-order valence-electron chi connectivity index (χ2n) is 23.3. The number of thiophene rings is 1. The molecule has 82 heavy (non-hydrogen) atoms. The van der Waals surface area contributed by atoms with Gasteiger partial charge in [-0.1, -0.05) is 102 Å². The summed E-state index contributed by atoms with van der Waals surface area (Å²) in [4.78, 5) is 108. The smallest absolute Gasteiger partial charge is 0.410 e. The van der Waals surface area contributed by atoms with Gasteiger partial charge < -0.3 is 51.2 Å². The molecule has 0 spiro atoms. The molecule has 0 unspecified atom stereocenters. The first-order valence-electron chi connectivity index (χ1n) is 28.7. The lowest BCUT2D eigenvalue weighted by Crippen LogP contribution is -2.56. The SMILES string of the molecule is CCCN(CCCNC(=O)CC(C)(C)C)C(=O)C1=Cc2sc(CN3CCN(C(=O)OCc4ccc(NC(=O)[C@@H](NC(=O)[C@@H]5CCCN5C(=O)[C@@H](C)NC(=O)OCC5c6ccccc6-c6ccccc65)C(C)C)cc4)CC3)cc2N=C(N)C1. The van der Waals surface area contributed by atoms with E-state index in [9.17, 15) is 33.6 Å². The van der Waals surface area contributed by atoms with Gasteiger partial charge in [-0.15, -0.1) is 11.3 Å². The van der Waals surface area contributed by atoms with Crippen LogP contribution < -0.4 is 27.0 Å². The van der Waals surface area contributed by atoms with E-state index < -0.39 is 48.0 Å². The van der Waals surface area contributed by atoms with E-state index in [0.717, 1.165) is 49.7 Å². The monoisotopic (exact) mass is 1140 g/mol. The van der Waals surface area contributed by atoms with E-state index in [-0.39, 0.29) is 48.7 Å². The highest BCUT2D eigenvalue weighted by atomic mass is 32.1. The number of alkyl carbamates (subject to hydrolysis) is 1. The van der Waals surface area contributed by atoms with Gasteiger partial charge in [0.25, 0.3) is 0 Å². The van der Waals surface area contributed by atoms with Crippen molar-refractivity contribution in [3.05, 3.63) is 111 Å². The van der Waals surface area contributed by atoms with Gasteiger partial charge in [0.05, 0.1) is 10.6 Å². The fourth-order valence-electron chi connectivity index (χ4n) is 10.9. The lowest BCUT2D eigenvalue weighted by atomic mass is 9.92. The Morgan fingerprint density at radius 1 is 0.854 bits per heavy atom. The number of carbonyl (C=O) groups excluding carboxylic acids is 7. The van der Waals surface area contributed by atoms with Crippen molar-refractivity contribution in [2.24, 2.45) is 22.1 Å². The fourth-order valence-corrected chi connectivity index (χ4v) is 12.1. The third-order valence-electron chi connectivity index (χ3n) is 15.1. The highest BCUT2D eigenvalue weighted by molar-refractivity contribution is 7.13. The van der Waals surface area contributed by atoms with Crippen LogP contribution in [0.2, 0.25) is 0 Å². The molecule has 1 aliphatic carbocycles. The number of nitrogens with two attached hydrogens (primary N) is 1. The molecule has 4 aliphatic rings. The molecule has 2 fully saturated rings. The van der Waals surface area contributed by atoms with Crippen molar-refractivity contribution in [2.45, 2.75) is 124 Å². The highest BCUT2D eigenvalue weighted by Gasteiger charge is 2.39. The minimum absolute atomic E-state index is 0.0108. The molecule has 6 N–H and O–H groups in total. The van der Waals surface area contributed by atoms with Crippen LogP contribution in [0.4, 0.5) is 21.0 Å². The van der Waals surface area contributed by atoms with Crippen LogP contribution in [-0.2, 0) is 46.6 Å². The quantitative estimate of drug-likeness (QED) is 0.0499. The minimum atomic E-state index is -0.963. The van der Waals surface area contributed by atoms with Crippen molar-refractivity contribution in [2.75, 3.05) is 64.3 Å². The maximum Gasteiger partial charge on any atom is 0.410 e. The van der Waals surface area contributed by atoms with E-state index in [0.29, 0.717) is 102 Å². The summed E-state index contributed by atoms with van der Waals surface area (Å²) < 4.78 is 11.4. The van der Waals surface area contributed by atoms with Crippen molar-refractivity contribution in [3.8, 4) is 11.1 Å². The summed E-state index contributed by atoms with van der Waals surface area (Å²) in [5.74, 6) is -1.42. The summed E-state index contributed by atoms with van der Waals surface area (Å²) in [5.41, 5.74) is 13.2. The summed E-state index contributed by atoms with van der Waals surface area (Å²) in [6.07, 6.45) is 3.90. The second kappa shape index (κ2) is 27.5. The zero-order valence-corrected chi connectivity index (χ0v) is 49.2. The lowest BCUT2D eigenvalue weighted by molar-refractivity contribution is -0.140. The maximum absolute atomic E-state index is 13.9. The molecule has 438 valence electrons. The second-order valence-corrected chi connectivity index (χ2v) is 24.4. The number of piperazine rings is 1. The zero-order valence-electron chi connectivity index (χ0n) is 48.4. The molecule has 0 saturated carbocycles. The summed E-state index contributed by atoms with van der Waals surface area (Å²) in [6.45, 7) is 18.3. The number of carbonyl (C=O) groups is 7. The number of amidine groups is 1. The Hall–Kier alpha value is -7.58. The number of nitrogens with zero attached hydrogens (tertiary/aromatic N) is 5.